The summed E-state index contributed by atoms with van der Waals surface area (Å²) in [6.45, 7) is 3.66. The highest BCUT2D eigenvalue weighted by Crippen LogP contribution is 2.22. The molecule has 0 aromatic carbocycles. The summed E-state index contributed by atoms with van der Waals surface area (Å²) in [5.74, 6) is -0.209. The summed E-state index contributed by atoms with van der Waals surface area (Å²) in [7, 11) is 0. The molecule has 1 amide bonds. The predicted octanol–water partition coefficient (Wildman–Crippen LogP) is 9.61. The van der Waals surface area contributed by atoms with Crippen molar-refractivity contribution in [2.45, 2.75) is 224 Å². The first-order valence-electron chi connectivity index (χ1n) is 23.0. The molecular weight excluding hydrogens is 719 g/mol. The van der Waals surface area contributed by atoms with E-state index in [2.05, 4.69) is 67.8 Å². The number of aliphatic hydroxyl groups excluding tert-OH is 5. The van der Waals surface area contributed by atoms with Crippen molar-refractivity contribution in [2.75, 3.05) is 13.2 Å². The van der Waals surface area contributed by atoms with Gasteiger partial charge in [-0.1, -0.05) is 164 Å². The summed E-state index contributed by atoms with van der Waals surface area (Å²) in [6, 6.07) is -0.836. The standard InChI is InChI=1S/C48H85NO8/c1-3-5-7-9-11-13-15-17-18-19-20-21-22-23-24-26-27-29-31-33-35-37-42(51)41(40-56-48-47(55)46(54)45(53)43(39-50)57-48)49-44(52)38-36-34-32-30-28-25-16-14-12-10-8-6-4-2/h8,10,14,16,22-23,27,29,35,37,41-43,45-48,50-51,53-55H,3-7,9,11-13,15,17-21,24-26,28,30-34,36,38-40H2,1-2H3,(H,49,52)/b10-8-,16-14-,23-22+,29-27+,37-35+. The smallest absolute Gasteiger partial charge is 0.220 e. The first kappa shape index (κ1) is 52.9. The molecule has 7 atom stereocenters. The van der Waals surface area contributed by atoms with E-state index < -0.39 is 49.5 Å². The highest BCUT2D eigenvalue weighted by Gasteiger charge is 2.44. The Bertz CT molecular complexity index is 1070. The maximum absolute atomic E-state index is 12.9. The molecule has 0 bridgehead atoms. The Morgan fingerprint density at radius 2 is 1.09 bits per heavy atom. The summed E-state index contributed by atoms with van der Waals surface area (Å²) in [4.78, 5) is 12.9. The quantitative estimate of drug-likeness (QED) is 0.0269. The van der Waals surface area contributed by atoms with Crippen molar-refractivity contribution in [1.82, 2.24) is 5.32 Å². The second kappa shape index (κ2) is 38.1. The highest BCUT2D eigenvalue weighted by atomic mass is 16.7. The van der Waals surface area contributed by atoms with E-state index in [9.17, 15) is 30.3 Å². The third kappa shape index (κ3) is 28.9. The molecule has 7 unspecified atom stereocenters. The van der Waals surface area contributed by atoms with Crippen LogP contribution >= 0.6 is 0 Å². The molecule has 330 valence electrons. The van der Waals surface area contributed by atoms with Crippen molar-refractivity contribution >= 4 is 5.91 Å². The number of rotatable bonds is 37. The number of unbranched alkanes of at least 4 members (excludes halogenated alkanes) is 19. The molecule has 1 rings (SSSR count). The molecule has 0 spiro atoms. The molecule has 57 heavy (non-hydrogen) atoms. The van der Waals surface area contributed by atoms with Crippen LogP contribution in [0.15, 0.2) is 60.8 Å². The summed E-state index contributed by atoms with van der Waals surface area (Å²) in [6.07, 6.45) is 42.7. The fraction of sp³-hybridized carbons (Fsp3) is 0.771. The van der Waals surface area contributed by atoms with Crippen molar-refractivity contribution in [3.63, 3.8) is 0 Å². The zero-order chi connectivity index (χ0) is 41.6. The Morgan fingerprint density at radius 3 is 1.65 bits per heavy atom. The Labute approximate surface area is 347 Å². The number of hydrogen-bond acceptors (Lipinski definition) is 8. The van der Waals surface area contributed by atoms with E-state index in [-0.39, 0.29) is 12.5 Å². The van der Waals surface area contributed by atoms with Crippen molar-refractivity contribution < 1.29 is 39.8 Å². The second-order valence-corrected chi connectivity index (χ2v) is 15.8. The molecular formula is C48H85NO8. The van der Waals surface area contributed by atoms with Crippen molar-refractivity contribution in [3.05, 3.63) is 60.8 Å². The zero-order valence-electron chi connectivity index (χ0n) is 36.1. The summed E-state index contributed by atoms with van der Waals surface area (Å²) in [5.41, 5.74) is 0. The first-order chi connectivity index (χ1) is 27.8. The summed E-state index contributed by atoms with van der Waals surface area (Å²) < 4.78 is 11.2. The van der Waals surface area contributed by atoms with Crippen molar-refractivity contribution in [3.8, 4) is 0 Å². The Morgan fingerprint density at radius 1 is 0.596 bits per heavy atom. The van der Waals surface area contributed by atoms with Gasteiger partial charge < -0.3 is 40.3 Å². The van der Waals surface area contributed by atoms with Crippen LogP contribution in [0.25, 0.3) is 0 Å². The summed E-state index contributed by atoms with van der Waals surface area (Å²) >= 11 is 0. The van der Waals surface area contributed by atoms with Gasteiger partial charge in [0.2, 0.25) is 5.91 Å². The van der Waals surface area contributed by atoms with Gasteiger partial charge in [0, 0.05) is 6.42 Å². The molecule has 1 saturated heterocycles. The monoisotopic (exact) mass is 804 g/mol. The molecule has 9 heteroatoms. The highest BCUT2D eigenvalue weighted by molar-refractivity contribution is 5.76. The largest absolute Gasteiger partial charge is 0.394 e. The average Bonchev–Trinajstić information content (AvgIpc) is 3.21. The molecule has 6 N–H and O–H groups in total. The van der Waals surface area contributed by atoms with Gasteiger partial charge in [0.05, 0.1) is 25.4 Å². The fourth-order valence-electron chi connectivity index (χ4n) is 6.81. The van der Waals surface area contributed by atoms with Crippen LogP contribution in [0, 0.1) is 0 Å². The van der Waals surface area contributed by atoms with Crippen LogP contribution in [0.2, 0.25) is 0 Å². The minimum Gasteiger partial charge on any atom is -0.394 e. The van der Waals surface area contributed by atoms with Crippen LogP contribution < -0.4 is 5.32 Å². The lowest BCUT2D eigenvalue weighted by molar-refractivity contribution is -0.302. The number of carbonyl (C=O) groups is 1. The van der Waals surface area contributed by atoms with Gasteiger partial charge in [0.1, 0.15) is 24.4 Å². The van der Waals surface area contributed by atoms with Crippen molar-refractivity contribution in [2.24, 2.45) is 0 Å². The van der Waals surface area contributed by atoms with Gasteiger partial charge in [-0.15, -0.1) is 0 Å². The van der Waals surface area contributed by atoms with Crippen LogP contribution in [0.4, 0.5) is 0 Å². The Balaban J connectivity index is 2.40. The predicted molar refractivity (Wildman–Crippen MR) is 235 cm³/mol. The lowest BCUT2D eigenvalue weighted by atomic mass is 9.99. The number of carbonyl (C=O) groups excluding carboxylic acids is 1. The molecule has 1 heterocycles. The molecule has 0 saturated carbocycles. The van der Waals surface area contributed by atoms with Gasteiger partial charge in [-0.25, -0.2) is 0 Å². The van der Waals surface area contributed by atoms with Crippen LogP contribution in [0.5, 0.6) is 0 Å². The van der Waals surface area contributed by atoms with Crippen molar-refractivity contribution in [1.29, 1.82) is 0 Å². The van der Waals surface area contributed by atoms with E-state index in [0.29, 0.717) is 6.42 Å². The second-order valence-electron chi connectivity index (χ2n) is 15.8. The van der Waals surface area contributed by atoms with Gasteiger partial charge in [0.15, 0.2) is 6.29 Å². The zero-order valence-corrected chi connectivity index (χ0v) is 36.1. The molecule has 0 aromatic rings. The van der Waals surface area contributed by atoms with E-state index in [1.54, 1.807) is 6.08 Å². The maximum Gasteiger partial charge on any atom is 0.220 e. The van der Waals surface area contributed by atoms with Crippen LogP contribution in [-0.4, -0.2) is 87.5 Å². The molecule has 0 aromatic heterocycles. The number of allylic oxidation sites excluding steroid dienone is 9. The van der Waals surface area contributed by atoms with Gasteiger partial charge >= 0.3 is 0 Å². The van der Waals surface area contributed by atoms with Gasteiger partial charge in [-0.3, -0.25) is 4.79 Å². The van der Waals surface area contributed by atoms with E-state index in [1.807, 2.05) is 6.08 Å². The lowest BCUT2D eigenvalue weighted by Gasteiger charge is -2.40. The van der Waals surface area contributed by atoms with E-state index in [4.69, 9.17) is 9.47 Å². The SMILES string of the molecule is CCC/C=C\C/C=C\CCCCCCCC(=O)NC(COC1OC(CO)C(O)C(O)C1O)C(O)/C=C/CC/C=C/CC/C=C/CCCCCCCCCCCCC. The van der Waals surface area contributed by atoms with E-state index in [1.165, 1.54) is 83.5 Å². The Kier molecular flexibility index (Phi) is 35.4. The van der Waals surface area contributed by atoms with Gasteiger partial charge in [-0.05, 0) is 70.6 Å². The summed E-state index contributed by atoms with van der Waals surface area (Å²) in [5, 5.41) is 54.1. The average molecular weight is 804 g/mol. The number of nitrogens with one attached hydrogen (secondary N) is 1. The maximum atomic E-state index is 12.9. The van der Waals surface area contributed by atoms with E-state index in [0.717, 1.165) is 77.0 Å². The number of ether oxygens (including phenoxy) is 2. The number of aliphatic hydroxyl groups is 5. The molecule has 9 nitrogen and oxygen atoms in total. The minimum atomic E-state index is -1.58. The molecule has 1 aliphatic rings. The molecule has 1 fully saturated rings. The van der Waals surface area contributed by atoms with Crippen LogP contribution in [-0.2, 0) is 14.3 Å². The first-order valence-corrected chi connectivity index (χ1v) is 23.0. The number of amides is 1. The van der Waals surface area contributed by atoms with Crippen LogP contribution in [0.3, 0.4) is 0 Å². The molecule has 1 aliphatic heterocycles. The minimum absolute atomic E-state index is 0.209. The lowest BCUT2D eigenvalue weighted by Crippen LogP contribution is -2.60. The fourth-order valence-corrected chi connectivity index (χ4v) is 6.81. The normalized spacial score (nSPS) is 21.6. The topological polar surface area (TPSA) is 149 Å². The molecule has 0 radical (unpaired) electrons. The number of hydrogen-bond donors (Lipinski definition) is 6. The van der Waals surface area contributed by atoms with E-state index >= 15 is 0 Å². The Hall–Kier alpha value is -2.11. The third-order valence-electron chi connectivity index (χ3n) is 10.5. The van der Waals surface area contributed by atoms with Gasteiger partial charge in [0.25, 0.3) is 0 Å². The third-order valence-corrected chi connectivity index (χ3v) is 10.5. The van der Waals surface area contributed by atoms with Gasteiger partial charge in [-0.2, -0.15) is 0 Å². The molecule has 0 aliphatic carbocycles. The van der Waals surface area contributed by atoms with Crippen LogP contribution in [0.1, 0.15) is 181 Å².